The number of hydrogen-bond acceptors (Lipinski definition) is 6. The number of aromatic nitrogens is 4. The summed E-state index contributed by atoms with van der Waals surface area (Å²) in [5, 5.41) is 14.2. The summed E-state index contributed by atoms with van der Waals surface area (Å²) in [5.41, 5.74) is 0. The maximum atomic E-state index is 11.7. The van der Waals surface area contributed by atoms with Crippen LogP contribution in [0.1, 0.15) is 25.6 Å². The van der Waals surface area contributed by atoms with Crippen LogP contribution in [0.2, 0.25) is 0 Å². The third-order valence-electron chi connectivity index (χ3n) is 3.03. The lowest BCUT2D eigenvalue weighted by atomic mass is 10.2. The lowest BCUT2D eigenvalue weighted by molar-refractivity contribution is -0.139. The Bertz CT molecular complexity index is 469. The van der Waals surface area contributed by atoms with Crippen molar-refractivity contribution in [2.24, 2.45) is 5.92 Å². The molecular formula is C11H17N5O3. The molecule has 0 saturated heterocycles. The zero-order chi connectivity index (χ0) is 13.8. The highest BCUT2D eigenvalue weighted by Crippen LogP contribution is 2.32. The first-order valence-corrected chi connectivity index (χ1v) is 6.21. The number of rotatable bonds is 6. The number of ether oxygens (including phenoxy) is 1. The fourth-order valence-corrected chi connectivity index (χ4v) is 1.76. The van der Waals surface area contributed by atoms with E-state index in [1.54, 1.807) is 0 Å². The smallest absolute Gasteiger partial charge is 0.313 e. The van der Waals surface area contributed by atoms with Crippen LogP contribution in [0.5, 0.6) is 0 Å². The minimum absolute atomic E-state index is 0.00519. The molecule has 0 bridgehead atoms. The number of esters is 1. The average molecular weight is 267 g/mol. The third kappa shape index (κ3) is 4.01. The fraction of sp³-hybridized carbons (Fsp3) is 0.727. The molecule has 2 rings (SSSR count). The molecule has 8 nitrogen and oxygen atoms in total. The maximum absolute atomic E-state index is 11.7. The molecule has 19 heavy (non-hydrogen) atoms. The summed E-state index contributed by atoms with van der Waals surface area (Å²) < 4.78 is 4.50. The molecule has 1 N–H and O–H groups in total. The molecule has 1 amide bonds. The number of tetrazole rings is 1. The molecule has 1 aromatic heterocycles. The lowest BCUT2D eigenvalue weighted by Gasteiger charge is -2.11. The van der Waals surface area contributed by atoms with E-state index < -0.39 is 5.97 Å². The molecule has 8 heteroatoms. The van der Waals surface area contributed by atoms with Gasteiger partial charge in [-0.05, 0) is 30.9 Å². The molecule has 1 unspecified atom stereocenters. The number of carbonyl (C=O) groups is 2. The Labute approximate surface area is 110 Å². The summed E-state index contributed by atoms with van der Waals surface area (Å²) in [6.45, 7) is 2.00. The Morgan fingerprint density at radius 2 is 2.26 bits per heavy atom. The molecule has 0 spiro atoms. The Morgan fingerprint density at radius 3 is 2.89 bits per heavy atom. The van der Waals surface area contributed by atoms with Crippen LogP contribution in [0.15, 0.2) is 0 Å². The SMILES string of the molecule is COC(=O)Cc1nnn(CC(=O)NC(C)C2CC2)n1. The van der Waals surface area contributed by atoms with E-state index in [2.05, 4.69) is 25.5 Å². The largest absolute Gasteiger partial charge is 0.469 e. The molecule has 1 atom stereocenters. The van der Waals surface area contributed by atoms with Gasteiger partial charge in [0.25, 0.3) is 0 Å². The highest BCUT2D eigenvalue weighted by atomic mass is 16.5. The average Bonchev–Trinajstić information content (AvgIpc) is 3.13. The fourth-order valence-electron chi connectivity index (χ4n) is 1.76. The molecule has 0 aromatic carbocycles. The highest BCUT2D eigenvalue weighted by Gasteiger charge is 2.28. The minimum atomic E-state index is -0.439. The van der Waals surface area contributed by atoms with Crippen molar-refractivity contribution in [1.82, 2.24) is 25.5 Å². The van der Waals surface area contributed by atoms with E-state index in [-0.39, 0.29) is 30.7 Å². The summed E-state index contributed by atoms with van der Waals surface area (Å²) in [4.78, 5) is 23.9. The van der Waals surface area contributed by atoms with Gasteiger partial charge in [0.15, 0.2) is 5.82 Å². The van der Waals surface area contributed by atoms with Crippen LogP contribution in [-0.2, 0) is 27.3 Å². The summed E-state index contributed by atoms with van der Waals surface area (Å²) >= 11 is 0. The molecule has 0 radical (unpaired) electrons. The number of nitrogens with one attached hydrogen (secondary N) is 1. The first-order chi connectivity index (χ1) is 9.08. The van der Waals surface area contributed by atoms with Crippen LogP contribution >= 0.6 is 0 Å². The van der Waals surface area contributed by atoms with Crippen LogP contribution in [0, 0.1) is 5.92 Å². The van der Waals surface area contributed by atoms with Gasteiger partial charge in [0.2, 0.25) is 5.91 Å². The van der Waals surface area contributed by atoms with Gasteiger partial charge in [-0.3, -0.25) is 9.59 Å². The molecule has 1 aromatic rings. The topological polar surface area (TPSA) is 99.0 Å². The Hall–Kier alpha value is -1.99. The van der Waals surface area contributed by atoms with Crippen LogP contribution < -0.4 is 5.32 Å². The zero-order valence-electron chi connectivity index (χ0n) is 11.0. The van der Waals surface area contributed by atoms with E-state index in [0.717, 1.165) is 0 Å². The zero-order valence-corrected chi connectivity index (χ0v) is 11.0. The number of carbonyl (C=O) groups excluding carboxylic acids is 2. The van der Waals surface area contributed by atoms with Crippen LogP contribution in [-0.4, -0.2) is 45.2 Å². The first kappa shape index (κ1) is 13.4. The van der Waals surface area contributed by atoms with Crippen LogP contribution in [0.4, 0.5) is 0 Å². The summed E-state index contributed by atoms with van der Waals surface area (Å²) in [6, 6.07) is 0.186. The van der Waals surface area contributed by atoms with Gasteiger partial charge in [-0.15, -0.1) is 10.2 Å². The van der Waals surface area contributed by atoms with Gasteiger partial charge in [-0.1, -0.05) is 0 Å². The summed E-state index contributed by atoms with van der Waals surface area (Å²) in [6.07, 6.45) is 2.30. The van der Waals surface area contributed by atoms with Gasteiger partial charge in [0, 0.05) is 6.04 Å². The van der Waals surface area contributed by atoms with Crippen molar-refractivity contribution in [2.75, 3.05) is 7.11 Å². The normalized spacial score (nSPS) is 15.9. The standard InChI is InChI=1S/C11H17N5O3/c1-7(8-3-4-8)12-10(17)6-16-14-9(13-15-16)5-11(18)19-2/h7-8H,3-6H2,1-2H3,(H,12,17). The number of nitrogens with zero attached hydrogens (tertiary/aromatic N) is 4. The first-order valence-electron chi connectivity index (χ1n) is 6.21. The molecular weight excluding hydrogens is 250 g/mol. The second-order valence-corrected chi connectivity index (χ2v) is 4.68. The van der Waals surface area contributed by atoms with Gasteiger partial charge >= 0.3 is 5.97 Å². The van der Waals surface area contributed by atoms with Crippen molar-refractivity contribution >= 4 is 11.9 Å². The van der Waals surface area contributed by atoms with E-state index in [1.165, 1.54) is 24.7 Å². The van der Waals surface area contributed by atoms with Crippen LogP contribution in [0.25, 0.3) is 0 Å². The second-order valence-electron chi connectivity index (χ2n) is 4.68. The molecule has 1 aliphatic rings. The number of amides is 1. The van der Waals surface area contributed by atoms with Crippen molar-refractivity contribution in [2.45, 2.75) is 38.8 Å². The third-order valence-corrected chi connectivity index (χ3v) is 3.03. The summed E-state index contributed by atoms with van der Waals surface area (Å²) in [7, 11) is 1.29. The predicted octanol–water partition coefficient (Wildman–Crippen LogP) is -0.697. The Balaban J connectivity index is 1.81. The molecule has 1 saturated carbocycles. The van der Waals surface area contributed by atoms with Crippen molar-refractivity contribution in [3.8, 4) is 0 Å². The van der Waals surface area contributed by atoms with Crippen molar-refractivity contribution in [1.29, 1.82) is 0 Å². The molecule has 1 fully saturated rings. The molecule has 104 valence electrons. The maximum Gasteiger partial charge on any atom is 0.313 e. The van der Waals surface area contributed by atoms with Gasteiger partial charge in [-0.25, -0.2) is 0 Å². The molecule has 0 aliphatic heterocycles. The minimum Gasteiger partial charge on any atom is -0.469 e. The van der Waals surface area contributed by atoms with Gasteiger partial charge in [-0.2, -0.15) is 4.80 Å². The van der Waals surface area contributed by atoms with Gasteiger partial charge in [0.05, 0.1) is 7.11 Å². The van der Waals surface area contributed by atoms with E-state index in [1.807, 2.05) is 6.92 Å². The lowest BCUT2D eigenvalue weighted by Crippen LogP contribution is -2.36. The Kier molecular flexibility index (Phi) is 4.08. The van der Waals surface area contributed by atoms with Crippen molar-refractivity contribution < 1.29 is 14.3 Å². The summed E-state index contributed by atoms with van der Waals surface area (Å²) in [5.74, 6) is 0.255. The number of hydrogen-bond donors (Lipinski definition) is 1. The highest BCUT2D eigenvalue weighted by molar-refractivity contribution is 5.75. The van der Waals surface area contributed by atoms with Gasteiger partial charge < -0.3 is 10.1 Å². The predicted molar refractivity (Wildman–Crippen MR) is 63.9 cm³/mol. The molecule has 1 aliphatic carbocycles. The van der Waals surface area contributed by atoms with E-state index in [9.17, 15) is 9.59 Å². The van der Waals surface area contributed by atoms with Gasteiger partial charge in [0.1, 0.15) is 13.0 Å². The quantitative estimate of drug-likeness (QED) is 0.684. The number of methoxy groups -OCH3 is 1. The van der Waals surface area contributed by atoms with Crippen molar-refractivity contribution in [3.05, 3.63) is 5.82 Å². The second kappa shape index (κ2) is 5.77. The van der Waals surface area contributed by atoms with E-state index in [4.69, 9.17) is 0 Å². The molecule has 1 heterocycles. The monoisotopic (exact) mass is 267 g/mol. The van der Waals surface area contributed by atoms with Crippen LogP contribution in [0.3, 0.4) is 0 Å². The van der Waals surface area contributed by atoms with E-state index >= 15 is 0 Å². The van der Waals surface area contributed by atoms with Crippen molar-refractivity contribution in [3.63, 3.8) is 0 Å². The van der Waals surface area contributed by atoms with E-state index in [0.29, 0.717) is 5.92 Å². The Morgan fingerprint density at radius 1 is 1.53 bits per heavy atom.